The number of carbonyl (C=O) groups is 1. The van der Waals surface area contributed by atoms with E-state index in [1.54, 1.807) is 17.2 Å². The Morgan fingerprint density at radius 1 is 1.00 bits per heavy atom. The molecule has 1 amide bonds. The number of halogens is 1. The highest BCUT2D eigenvalue weighted by atomic mass is 19.1. The number of carbonyl (C=O) groups excluding carboxylic acids is 1. The van der Waals surface area contributed by atoms with Crippen LogP contribution in [0.15, 0.2) is 73.1 Å². The molecule has 0 bridgehead atoms. The molecule has 1 aliphatic heterocycles. The molecule has 0 saturated carbocycles. The molecule has 4 aromatic rings. The van der Waals surface area contributed by atoms with Crippen molar-refractivity contribution in [2.75, 3.05) is 4.90 Å². The summed E-state index contributed by atoms with van der Waals surface area (Å²) in [6, 6.07) is 18.5. The summed E-state index contributed by atoms with van der Waals surface area (Å²) in [4.78, 5) is 20.2. The minimum atomic E-state index is -0.419. The second kappa shape index (κ2) is 7.51. The van der Waals surface area contributed by atoms with Gasteiger partial charge in [0.15, 0.2) is 0 Å². The molecular weight excluding hydrogens is 389 g/mol. The van der Waals surface area contributed by atoms with E-state index >= 15 is 0 Å². The smallest absolute Gasteiger partial charge is 0.259 e. The molecule has 0 atom stereocenters. The predicted molar refractivity (Wildman–Crippen MR) is 120 cm³/mol. The number of amides is 1. The van der Waals surface area contributed by atoms with Gasteiger partial charge in [0.25, 0.3) is 5.91 Å². The fourth-order valence-corrected chi connectivity index (χ4v) is 4.25. The van der Waals surface area contributed by atoms with Gasteiger partial charge in [-0.2, -0.15) is 0 Å². The molecule has 0 aliphatic carbocycles. The van der Waals surface area contributed by atoms with Crippen molar-refractivity contribution >= 4 is 11.6 Å². The zero-order valence-electron chi connectivity index (χ0n) is 17.5. The molecule has 4 nitrogen and oxygen atoms in total. The number of fused-ring (bicyclic) bond motifs is 2. The summed E-state index contributed by atoms with van der Waals surface area (Å²) in [5.74, 6) is -0.646. The number of hydrogen-bond acceptors (Lipinski definition) is 2. The van der Waals surface area contributed by atoms with Gasteiger partial charge in [-0.1, -0.05) is 35.9 Å². The Hall–Kier alpha value is -3.73. The number of rotatable bonds is 2. The summed E-state index contributed by atoms with van der Waals surface area (Å²) < 4.78 is 16.2. The number of aryl methyl sites for hydroxylation is 2. The van der Waals surface area contributed by atoms with Crippen LogP contribution in [0.1, 0.15) is 32.9 Å². The maximum atomic E-state index is 14.0. The molecule has 1 aliphatic rings. The number of anilines is 1. The minimum absolute atomic E-state index is 0.227. The minimum Gasteiger partial charge on any atom is -0.344 e. The first-order valence-corrected chi connectivity index (χ1v) is 10.3. The molecule has 0 N–H and O–H groups in total. The first-order chi connectivity index (χ1) is 15.0. The first kappa shape index (κ1) is 19.2. The van der Waals surface area contributed by atoms with Gasteiger partial charge in [-0.25, -0.2) is 4.39 Å². The summed E-state index contributed by atoms with van der Waals surface area (Å²) in [6.07, 6.45) is 3.79. The topological polar surface area (TPSA) is 38.1 Å². The number of benzene rings is 2. The van der Waals surface area contributed by atoms with E-state index in [9.17, 15) is 9.18 Å². The fraction of sp³-hybridized carbons (Fsp3) is 0.154. The number of aromatic nitrogens is 2. The summed E-state index contributed by atoms with van der Waals surface area (Å²) in [6.45, 7) is 4.84. The van der Waals surface area contributed by atoms with Crippen LogP contribution in [-0.2, 0) is 13.1 Å². The van der Waals surface area contributed by atoms with Gasteiger partial charge in [-0.3, -0.25) is 14.7 Å². The molecule has 0 saturated heterocycles. The van der Waals surface area contributed by atoms with E-state index in [0.29, 0.717) is 18.7 Å². The molecule has 0 fully saturated rings. The van der Waals surface area contributed by atoms with E-state index in [4.69, 9.17) is 0 Å². The lowest BCUT2D eigenvalue weighted by atomic mass is 9.99. The first-order valence-electron chi connectivity index (χ1n) is 10.3. The van der Waals surface area contributed by atoms with E-state index in [-0.39, 0.29) is 5.91 Å². The summed E-state index contributed by atoms with van der Waals surface area (Å²) in [5.41, 5.74) is 6.83. The Morgan fingerprint density at radius 2 is 1.87 bits per heavy atom. The second-order valence-electron chi connectivity index (χ2n) is 8.00. The van der Waals surface area contributed by atoms with Crippen LogP contribution in [0, 0.1) is 19.7 Å². The van der Waals surface area contributed by atoms with Crippen LogP contribution in [0.2, 0.25) is 0 Å². The highest BCUT2D eigenvalue weighted by Gasteiger charge is 2.29. The van der Waals surface area contributed by atoms with Crippen LogP contribution in [0.4, 0.5) is 10.1 Å². The lowest BCUT2D eigenvalue weighted by molar-refractivity contribution is 0.0984. The third-order valence-corrected chi connectivity index (χ3v) is 5.84. The van der Waals surface area contributed by atoms with Crippen LogP contribution in [0.3, 0.4) is 0 Å². The number of nitrogens with zero attached hydrogens (tertiary/aromatic N) is 3. The number of pyridine rings is 1. The molecule has 2 aromatic carbocycles. The van der Waals surface area contributed by atoms with Crippen molar-refractivity contribution in [3.05, 3.63) is 107 Å². The van der Waals surface area contributed by atoms with Gasteiger partial charge in [0, 0.05) is 29.2 Å². The maximum absolute atomic E-state index is 14.0. The third kappa shape index (κ3) is 3.42. The van der Waals surface area contributed by atoms with E-state index in [2.05, 4.69) is 15.6 Å². The SMILES string of the molecule is Cc1cccc(-c2ccnc3c2N(C(=O)c2cc(F)ccc2C)Cc2cccn2C3)c1. The van der Waals surface area contributed by atoms with Gasteiger partial charge in [-0.15, -0.1) is 0 Å². The van der Waals surface area contributed by atoms with E-state index in [0.717, 1.165) is 39.3 Å². The van der Waals surface area contributed by atoms with Crippen molar-refractivity contribution < 1.29 is 9.18 Å². The van der Waals surface area contributed by atoms with Crippen LogP contribution < -0.4 is 4.90 Å². The largest absolute Gasteiger partial charge is 0.344 e. The van der Waals surface area contributed by atoms with E-state index in [1.807, 2.05) is 56.4 Å². The van der Waals surface area contributed by atoms with Crippen LogP contribution in [-0.4, -0.2) is 15.5 Å². The van der Waals surface area contributed by atoms with Crippen molar-refractivity contribution in [3.8, 4) is 11.1 Å². The Labute approximate surface area is 180 Å². The molecule has 5 heteroatoms. The fourth-order valence-electron chi connectivity index (χ4n) is 4.25. The van der Waals surface area contributed by atoms with Crippen molar-refractivity contribution in [1.82, 2.24) is 9.55 Å². The van der Waals surface area contributed by atoms with Gasteiger partial charge in [0.05, 0.1) is 24.5 Å². The highest BCUT2D eigenvalue weighted by Crippen LogP contribution is 2.37. The summed E-state index contributed by atoms with van der Waals surface area (Å²) >= 11 is 0. The Bertz CT molecular complexity index is 1310. The van der Waals surface area contributed by atoms with Crippen molar-refractivity contribution in [1.29, 1.82) is 0 Å². The monoisotopic (exact) mass is 411 g/mol. The molecule has 0 spiro atoms. The van der Waals surface area contributed by atoms with Gasteiger partial charge in [0.2, 0.25) is 0 Å². The Kier molecular flexibility index (Phi) is 4.66. The molecule has 0 unspecified atom stereocenters. The molecule has 5 rings (SSSR count). The lowest BCUT2D eigenvalue weighted by Gasteiger charge is -2.26. The summed E-state index contributed by atoms with van der Waals surface area (Å²) in [5, 5.41) is 0. The number of hydrogen-bond donors (Lipinski definition) is 0. The van der Waals surface area contributed by atoms with Crippen molar-refractivity contribution in [2.45, 2.75) is 26.9 Å². The van der Waals surface area contributed by atoms with Crippen LogP contribution in [0.5, 0.6) is 0 Å². The molecule has 154 valence electrons. The average Bonchev–Trinajstić information content (AvgIpc) is 3.13. The zero-order chi connectivity index (χ0) is 21.5. The van der Waals surface area contributed by atoms with Crippen molar-refractivity contribution in [2.24, 2.45) is 0 Å². The predicted octanol–water partition coefficient (Wildman–Crippen LogP) is 5.51. The molecule has 2 aromatic heterocycles. The van der Waals surface area contributed by atoms with Crippen LogP contribution >= 0.6 is 0 Å². The third-order valence-electron chi connectivity index (χ3n) is 5.84. The highest BCUT2D eigenvalue weighted by molar-refractivity contribution is 6.09. The molecule has 3 heterocycles. The van der Waals surface area contributed by atoms with Gasteiger partial charge in [-0.05, 0) is 55.3 Å². The molecule has 0 radical (unpaired) electrons. The van der Waals surface area contributed by atoms with Gasteiger partial charge >= 0.3 is 0 Å². The van der Waals surface area contributed by atoms with E-state index in [1.165, 1.54) is 12.1 Å². The van der Waals surface area contributed by atoms with Gasteiger partial charge in [0.1, 0.15) is 5.82 Å². The maximum Gasteiger partial charge on any atom is 0.259 e. The standard InChI is InChI=1S/C26H22FN3O/c1-17-5-3-6-19(13-17)22-10-11-28-24-16-29-12-4-7-21(29)15-30(25(22)24)26(31)23-14-20(27)9-8-18(23)2/h3-14H,15-16H2,1-2H3. The lowest BCUT2D eigenvalue weighted by Crippen LogP contribution is -2.32. The van der Waals surface area contributed by atoms with Gasteiger partial charge < -0.3 is 4.57 Å². The normalized spacial score (nSPS) is 12.8. The Balaban J connectivity index is 1.74. The summed E-state index contributed by atoms with van der Waals surface area (Å²) in [7, 11) is 0. The quantitative estimate of drug-likeness (QED) is 0.436. The zero-order valence-corrected chi connectivity index (χ0v) is 17.5. The molecule has 31 heavy (non-hydrogen) atoms. The second-order valence-corrected chi connectivity index (χ2v) is 8.00. The van der Waals surface area contributed by atoms with Crippen LogP contribution in [0.25, 0.3) is 11.1 Å². The molecular formula is C26H22FN3O. The Morgan fingerprint density at radius 3 is 2.71 bits per heavy atom. The van der Waals surface area contributed by atoms with Crippen molar-refractivity contribution in [3.63, 3.8) is 0 Å². The average molecular weight is 411 g/mol. The van der Waals surface area contributed by atoms with E-state index < -0.39 is 5.82 Å².